The van der Waals surface area contributed by atoms with Crippen molar-refractivity contribution in [1.29, 1.82) is 0 Å². The molecule has 0 aromatic heterocycles. The minimum atomic E-state index is -2.02. The molecule has 0 saturated carbocycles. The van der Waals surface area contributed by atoms with E-state index < -0.39 is 172 Å². The Morgan fingerprint density at radius 3 is 0.906 bits per heavy atom. The van der Waals surface area contributed by atoms with Gasteiger partial charge in [-0.1, -0.05) is 0 Å². The van der Waals surface area contributed by atoms with Gasteiger partial charge in [-0.05, 0) is 0 Å². The molecule has 0 unspecified atom stereocenters. The molecule has 15 atom stereocenters. The Bertz CT molecular complexity index is 1730. The molecular formula is C38H52O26. The summed E-state index contributed by atoms with van der Waals surface area (Å²) in [5.74, 6) is -9.61. The summed E-state index contributed by atoms with van der Waals surface area (Å²) in [6.07, 6.45) is -27.2. The molecule has 3 rings (SSSR count). The van der Waals surface area contributed by atoms with Crippen molar-refractivity contribution in [3.05, 3.63) is 0 Å². The number of ether oxygens (including phenoxy) is 15. The third-order valence-electron chi connectivity index (χ3n) is 8.84. The minimum Gasteiger partial charge on any atom is -0.463 e. The normalized spacial score (nSPS) is 32.3. The van der Waals surface area contributed by atoms with Crippen molar-refractivity contribution in [2.75, 3.05) is 19.8 Å². The van der Waals surface area contributed by atoms with Crippen LogP contribution in [0.1, 0.15) is 69.2 Å². The molecule has 3 aliphatic rings. The Morgan fingerprint density at radius 2 is 0.578 bits per heavy atom. The monoisotopic (exact) mass is 924 g/mol. The highest BCUT2D eigenvalue weighted by Crippen LogP contribution is 2.38. The topological polar surface area (TPSA) is 329 Å². The predicted octanol–water partition coefficient (Wildman–Crippen LogP) is -1.86. The first-order valence-corrected chi connectivity index (χ1v) is 19.4. The molecule has 1 N–H and O–H groups in total. The second-order valence-electron chi connectivity index (χ2n) is 14.3. The van der Waals surface area contributed by atoms with Crippen LogP contribution in [0.5, 0.6) is 0 Å². The van der Waals surface area contributed by atoms with E-state index in [0.29, 0.717) is 0 Å². The summed E-state index contributed by atoms with van der Waals surface area (Å²) in [6, 6.07) is 0. The van der Waals surface area contributed by atoms with Crippen LogP contribution in [0, 0.1) is 0 Å². The largest absolute Gasteiger partial charge is 0.463 e. The number of aliphatic hydroxyl groups excluding tert-OH is 1. The standard InChI is InChI=1S/C38H52O26/c1-14(39)50-11-24-28(30(54-18(5)43)33(36(49)60-24)57-21(8)46)63-38-35(59-23(10)48)32(56-20(7)45)29(26(62-38)13-52-16(3)41)64-37-34(58-22(9)47)31(55-19(6)44)27(53-17(4)42)25(61-37)12-51-15(2)40/h24-38,49H,11-13H2,1-10H3/t24-,25-,26-,27-,28-,29-,30+,31+,32+,33-,34-,35-,36-,37-,38-/m1/s1. The molecule has 26 nitrogen and oxygen atoms in total. The van der Waals surface area contributed by atoms with E-state index in [1.807, 2.05) is 0 Å². The van der Waals surface area contributed by atoms with Crippen LogP contribution in [0.15, 0.2) is 0 Å². The third-order valence-corrected chi connectivity index (χ3v) is 8.84. The number of esters is 10. The van der Waals surface area contributed by atoms with E-state index in [9.17, 15) is 53.1 Å². The van der Waals surface area contributed by atoms with Crippen LogP contribution in [-0.2, 0) is 119 Å². The summed E-state index contributed by atoms with van der Waals surface area (Å²) >= 11 is 0. The molecule has 0 bridgehead atoms. The van der Waals surface area contributed by atoms with Crippen LogP contribution in [0.3, 0.4) is 0 Å². The fourth-order valence-electron chi connectivity index (χ4n) is 6.77. The molecule has 0 aliphatic carbocycles. The van der Waals surface area contributed by atoms with E-state index >= 15 is 0 Å². The van der Waals surface area contributed by atoms with E-state index in [1.165, 1.54) is 0 Å². The molecule has 3 saturated heterocycles. The van der Waals surface area contributed by atoms with Gasteiger partial charge < -0.3 is 76.2 Å². The molecule has 0 aromatic rings. The van der Waals surface area contributed by atoms with Gasteiger partial charge in [0.05, 0.1) is 0 Å². The maximum Gasteiger partial charge on any atom is 0.303 e. The van der Waals surface area contributed by atoms with Gasteiger partial charge in [0, 0.05) is 69.2 Å². The van der Waals surface area contributed by atoms with Crippen LogP contribution >= 0.6 is 0 Å². The van der Waals surface area contributed by atoms with E-state index in [-0.39, 0.29) is 0 Å². The summed E-state index contributed by atoms with van der Waals surface area (Å²) in [5.41, 5.74) is 0. The number of aliphatic hydroxyl groups is 1. The predicted molar refractivity (Wildman–Crippen MR) is 197 cm³/mol. The molecule has 64 heavy (non-hydrogen) atoms. The van der Waals surface area contributed by atoms with Gasteiger partial charge >= 0.3 is 59.7 Å². The van der Waals surface area contributed by atoms with Crippen LogP contribution in [0.25, 0.3) is 0 Å². The van der Waals surface area contributed by atoms with Gasteiger partial charge in [-0.3, -0.25) is 47.9 Å². The van der Waals surface area contributed by atoms with Gasteiger partial charge in [0.25, 0.3) is 0 Å². The average molecular weight is 925 g/mol. The second-order valence-corrected chi connectivity index (χ2v) is 14.3. The second kappa shape index (κ2) is 23.9. The Kier molecular flexibility index (Phi) is 19.8. The fourth-order valence-corrected chi connectivity index (χ4v) is 6.77. The first-order valence-electron chi connectivity index (χ1n) is 19.4. The first kappa shape index (κ1) is 52.8. The van der Waals surface area contributed by atoms with Crippen molar-refractivity contribution in [3.8, 4) is 0 Å². The Balaban J connectivity index is 2.28. The maximum atomic E-state index is 12.9. The molecule has 360 valence electrons. The lowest BCUT2D eigenvalue weighted by atomic mass is 9.95. The van der Waals surface area contributed by atoms with E-state index in [0.717, 1.165) is 69.2 Å². The zero-order valence-electron chi connectivity index (χ0n) is 36.4. The number of hydrogen-bond donors (Lipinski definition) is 1. The van der Waals surface area contributed by atoms with Crippen LogP contribution < -0.4 is 0 Å². The van der Waals surface area contributed by atoms with E-state index in [1.54, 1.807) is 0 Å². The summed E-state index contributed by atoms with van der Waals surface area (Å²) < 4.78 is 84.2. The molecule has 0 aromatic carbocycles. The molecule has 26 heteroatoms. The van der Waals surface area contributed by atoms with E-state index in [2.05, 4.69) is 0 Å². The maximum absolute atomic E-state index is 12.9. The highest BCUT2D eigenvalue weighted by molar-refractivity contribution is 5.70. The molecule has 3 fully saturated rings. The summed E-state index contributed by atoms with van der Waals surface area (Å²) in [6.45, 7) is 7.65. The van der Waals surface area contributed by atoms with Crippen LogP contribution in [0.4, 0.5) is 0 Å². The van der Waals surface area contributed by atoms with Gasteiger partial charge in [-0.25, -0.2) is 0 Å². The molecule has 0 amide bonds. The number of carbonyl (C=O) groups is 10. The Morgan fingerprint density at radius 1 is 0.328 bits per heavy atom. The smallest absolute Gasteiger partial charge is 0.303 e. The van der Waals surface area contributed by atoms with Crippen molar-refractivity contribution in [1.82, 2.24) is 0 Å². The lowest BCUT2D eigenvalue weighted by Gasteiger charge is -2.50. The van der Waals surface area contributed by atoms with Crippen molar-refractivity contribution in [2.45, 2.75) is 161 Å². The van der Waals surface area contributed by atoms with Gasteiger partial charge in [0.15, 0.2) is 61.6 Å². The summed E-state index contributed by atoms with van der Waals surface area (Å²) in [4.78, 5) is 124. The zero-order chi connectivity index (χ0) is 48.2. The highest BCUT2D eigenvalue weighted by Gasteiger charge is 2.59. The highest BCUT2D eigenvalue weighted by atomic mass is 16.8. The molecule has 0 radical (unpaired) electrons. The van der Waals surface area contributed by atoms with Gasteiger partial charge in [-0.15, -0.1) is 0 Å². The third kappa shape index (κ3) is 15.6. The molecule has 0 spiro atoms. The van der Waals surface area contributed by atoms with Crippen LogP contribution in [0.2, 0.25) is 0 Å². The van der Waals surface area contributed by atoms with Crippen molar-refractivity contribution >= 4 is 59.7 Å². The number of hydrogen-bond acceptors (Lipinski definition) is 26. The molecule has 3 aliphatic heterocycles. The lowest BCUT2D eigenvalue weighted by molar-refractivity contribution is -0.378. The average Bonchev–Trinajstić information content (AvgIpc) is 3.15. The van der Waals surface area contributed by atoms with Crippen molar-refractivity contribution in [2.24, 2.45) is 0 Å². The Labute approximate surface area is 364 Å². The summed E-state index contributed by atoms with van der Waals surface area (Å²) in [5, 5.41) is 10.9. The van der Waals surface area contributed by atoms with Crippen molar-refractivity contribution in [3.63, 3.8) is 0 Å². The zero-order valence-corrected chi connectivity index (χ0v) is 36.4. The minimum absolute atomic E-state index is 0.681. The fraction of sp³-hybridized carbons (Fsp3) is 0.737. The quantitative estimate of drug-likeness (QED) is 0.123. The number of rotatable bonds is 17. The van der Waals surface area contributed by atoms with Crippen molar-refractivity contribution < 1.29 is 124 Å². The molecular weight excluding hydrogens is 872 g/mol. The molecule has 3 heterocycles. The number of carbonyl (C=O) groups excluding carboxylic acids is 10. The summed E-state index contributed by atoms with van der Waals surface area (Å²) in [7, 11) is 0. The Hall–Kier alpha value is -5.54. The van der Waals surface area contributed by atoms with Gasteiger partial charge in [-0.2, -0.15) is 0 Å². The van der Waals surface area contributed by atoms with Crippen LogP contribution in [-0.4, -0.2) is 177 Å². The first-order chi connectivity index (χ1) is 29.9. The van der Waals surface area contributed by atoms with E-state index in [4.69, 9.17) is 71.1 Å². The van der Waals surface area contributed by atoms with Gasteiger partial charge in [0.1, 0.15) is 50.3 Å². The lowest BCUT2D eigenvalue weighted by Crippen LogP contribution is -2.68. The van der Waals surface area contributed by atoms with Gasteiger partial charge in [0.2, 0.25) is 0 Å². The SMILES string of the molecule is CC(=O)OC[C@H]1O[C@@H](O)[C@H](OC(C)=O)[C@@H](OC(C)=O)[C@@H]1O[C@H]1O[C@H](COC(C)=O)[C@@H](O[C@H]2O[C@H](COC(C)=O)[C@@H](OC(C)=O)[C@H](OC(C)=O)[C@H]2OC(C)=O)[C@H](OC(C)=O)[C@H]1OC(C)=O.